The molecule has 3 rings (SSSR count). The van der Waals surface area contributed by atoms with Crippen molar-refractivity contribution < 1.29 is 4.79 Å². The van der Waals surface area contributed by atoms with Gasteiger partial charge in [0.05, 0.1) is 6.04 Å². The van der Waals surface area contributed by atoms with Gasteiger partial charge < -0.3 is 15.2 Å². The summed E-state index contributed by atoms with van der Waals surface area (Å²) in [5, 5.41) is 4.39. The van der Waals surface area contributed by atoms with Crippen molar-refractivity contribution in [1.29, 1.82) is 0 Å². The van der Waals surface area contributed by atoms with E-state index in [0.29, 0.717) is 6.04 Å². The van der Waals surface area contributed by atoms with E-state index in [1.165, 1.54) is 5.39 Å². The van der Waals surface area contributed by atoms with Crippen molar-refractivity contribution in [3.63, 3.8) is 0 Å². The van der Waals surface area contributed by atoms with E-state index in [2.05, 4.69) is 60.2 Å². The molecule has 2 aromatic rings. The number of nitrogens with one attached hydrogen (secondary N) is 2. The molecule has 0 aliphatic carbocycles. The monoisotopic (exact) mass is 313 g/mol. The lowest BCUT2D eigenvalue weighted by molar-refractivity contribution is -0.127. The van der Waals surface area contributed by atoms with E-state index < -0.39 is 0 Å². The van der Waals surface area contributed by atoms with E-state index in [9.17, 15) is 4.79 Å². The van der Waals surface area contributed by atoms with Gasteiger partial charge in [-0.25, -0.2) is 0 Å². The molecule has 4 heteroatoms. The second-order valence-corrected chi connectivity index (χ2v) is 6.96. The maximum atomic E-state index is 12.5. The van der Waals surface area contributed by atoms with E-state index in [0.717, 1.165) is 37.0 Å². The highest BCUT2D eigenvalue weighted by molar-refractivity contribution is 5.81. The molecule has 0 saturated carbocycles. The first-order valence-corrected chi connectivity index (χ1v) is 8.66. The van der Waals surface area contributed by atoms with Crippen LogP contribution >= 0.6 is 0 Å². The zero-order valence-electron chi connectivity index (χ0n) is 14.3. The van der Waals surface area contributed by atoms with Gasteiger partial charge in [-0.2, -0.15) is 0 Å². The van der Waals surface area contributed by atoms with Gasteiger partial charge in [0.1, 0.15) is 0 Å². The number of aromatic nitrogens is 1. The van der Waals surface area contributed by atoms with Gasteiger partial charge in [-0.15, -0.1) is 0 Å². The van der Waals surface area contributed by atoms with Gasteiger partial charge in [0.15, 0.2) is 0 Å². The molecule has 4 nitrogen and oxygen atoms in total. The zero-order valence-corrected chi connectivity index (χ0v) is 14.3. The highest BCUT2D eigenvalue weighted by Crippen LogP contribution is 2.22. The normalized spacial score (nSPS) is 18.4. The van der Waals surface area contributed by atoms with Crippen molar-refractivity contribution in [3.05, 3.63) is 36.0 Å². The molecule has 124 valence electrons. The highest BCUT2D eigenvalue weighted by atomic mass is 16.1. The summed E-state index contributed by atoms with van der Waals surface area (Å²) < 4.78 is 0. The maximum Gasteiger partial charge on any atom is 0.223 e. The van der Waals surface area contributed by atoms with Crippen LogP contribution < -0.4 is 5.32 Å². The predicted octanol–water partition coefficient (Wildman–Crippen LogP) is 3.47. The molecule has 0 bridgehead atoms. The molecule has 0 radical (unpaired) electrons. The van der Waals surface area contributed by atoms with Gasteiger partial charge in [-0.05, 0) is 75.9 Å². The first-order valence-electron chi connectivity index (χ1n) is 8.66. The summed E-state index contributed by atoms with van der Waals surface area (Å²) in [4.78, 5) is 18.2. The second kappa shape index (κ2) is 6.75. The minimum absolute atomic E-state index is 0.0462. The third-order valence-electron chi connectivity index (χ3n) is 5.07. The molecule has 1 saturated heterocycles. The number of carbonyl (C=O) groups excluding carboxylic acids is 1. The van der Waals surface area contributed by atoms with Crippen molar-refractivity contribution in [2.75, 3.05) is 13.1 Å². The molecule has 2 heterocycles. The molecule has 1 aromatic carbocycles. The summed E-state index contributed by atoms with van der Waals surface area (Å²) in [5.41, 5.74) is 2.29. The number of rotatable bonds is 4. The van der Waals surface area contributed by atoms with Gasteiger partial charge >= 0.3 is 0 Å². The molecule has 1 unspecified atom stereocenters. The fourth-order valence-corrected chi connectivity index (χ4v) is 3.43. The first-order chi connectivity index (χ1) is 11.0. The molecule has 1 aliphatic rings. The number of carbonyl (C=O) groups is 1. The van der Waals surface area contributed by atoms with E-state index in [4.69, 9.17) is 0 Å². The summed E-state index contributed by atoms with van der Waals surface area (Å²) in [6.07, 6.45) is 3.88. The number of nitrogens with zero attached hydrogens (tertiary/aromatic N) is 1. The van der Waals surface area contributed by atoms with Gasteiger partial charge in [0.2, 0.25) is 5.91 Å². The third kappa shape index (κ3) is 3.58. The standard InChI is InChI=1S/C19H27N3O/c1-13(2)22-10-7-15(8-11-22)19(23)21-14(3)16-4-5-18-17(12-16)6-9-20-18/h4-6,9,12-15,20H,7-8,10-11H2,1-3H3,(H,21,23). The van der Waals surface area contributed by atoms with Gasteiger partial charge in [-0.3, -0.25) is 4.79 Å². The fraction of sp³-hybridized carbons (Fsp3) is 0.526. The number of piperidine rings is 1. The van der Waals surface area contributed by atoms with E-state index in [1.54, 1.807) is 0 Å². The number of hydrogen-bond acceptors (Lipinski definition) is 2. The fourth-order valence-electron chi connectivity index (χ4n) is 3.43. The Kier molecular flexibility index (Phi) is 4.71. The lowest BCUT2D eigenvalue weighted by Gasteiger charge is -2.34. The van der Waals surface area contributed by atoms with Crippen LogP contribution in [0.15, 0.2) is 30.5 Å². The Morgan fingerprint density at radius 2 is 1.96 bits per heavy atom. The van der Waals surface area contributed by atoms with Crippen LogP contribution in [0.25, 0.3) is 10.9 Å². The SMILES string of the molecule is CC(NC(=O)C1CCN(C(C)C)CC1)c1ccc2[nH]ccc2c1. The van der Waals surface area contributed by atoms with Crippen LogP contribution in [0.3, 0.4) is 0 Å². The Morgan fingerprint density at radius 1 is 1.22 bits per heavy atom. The van der Waals surface area contributed by atoms with E-state index in [-0.39, 0.29) is 17.9 Å². The third-order valence-corrected chi connectivity index (χ3v) is 5.07. The topological polar surface area (TPSA) is 48.1 Å². The Bertz CT molecular complexity index is 668. The number of likely N-dealkylation sites (tertiary alicyclic amines) is 1. The molecule has 2 N–H and O–H groups in total. The summed E-state index contributed by atoms with van der Waals surface area (Å²) in [6, 6.07) is 9.00. The van der Waals surface area contributed by atoms with Crippen LogP contribution in [0.2, 0.25) is 0 Å². The molecule has 23 heavy (non-hydrogen) atoms. The Hall–Kier alpha value is -1.81. The van der Waals surface area contributed by atoms with Crippen LogP contribution in [-0.2, 0) is 4.79 Å². The summed E-state index contributed by atoms with van der Waals surface area (Å²) >= 11 is 0. The van der Waals surface area contributed by atoms with Crippen molar-refractivity contribution in [1.82, 2.24) is 15.2 Å². The number of amides is 1. The average Bonchev–Trinajstić information content (AvgIpc) is 3.02. The number of fused-ring (bicyclic) bond motifs is 1. The van der Waals surface area contributed by atoms with Crippen LogP contribution in [-0.4, -0.2) is 34.9 Å². The van der Waals surface area contributed by atoms with Gasteiger partial charge in [0.25, 0.3) is 0 Å². The molecule has 1 atom stereocenters. The van der Waals surface area contributed by atoms with Gasteiger partial charge in [-0.1, -0.05) is 6.07 Å². The average molecular weight is 313 g/mol. The van der Waals surface area contributed by atoms with E-state index >= 15 is 0 Å². The minimum Gasteiger partial charge on any atom is -0.361 e. The van der Waals surface area contributed by atoms with Crippen LogP contribution in [0, 0.1) is 5.92 Å². The molecule has 0 spiro atoms. The number of hydrogen-bond donors (Lipinski definition) is 2. The van der Waals surface area contributed by atoms with Crippen molar-refractivity contribution in [2.45, 2.75) is 45.7 Å². The zero-order chi connectivity index (χ0) is 16.4. The van der Waals surface area contributed by atoms with Crippen LogP contribution in [0.1, 0.15) is 45.2 Å². The number of benzene rings is 1. The summed E-state index contributed by atoms with van der Waals surface area (Å²) in [5.74, 6) is 0.360. The Labute approximate surface area is 138 Å². The summed E-state index contributed by atoms with van der Waals surface area (Å²) in [7, 11) is 0. The van der Waals surface area contributed by atoms with Gasteiger partial charge in [0, 0.05) is 23.7 Å². The molecule has 1 amide bonds. The van der Waals surface area contributed by atoms with Crippen molar-refractivity contribution in [3.8, 4) is 0 Å². The quantitative estimate of drug-likeness (QED) is 0.908. The van der Waals surface area contributed by atoms with Crippen molar-refractivity contribution >= 4 is 16.8 Å². The Morgan fingerprint density at radius 3 is 2.65 bits per heavy atom. The highest BCUT2D eigenvalue weighted by Gasteiger charge is 2.26. The lowest BCUT2D eigenvalue weighted by atomic mass is 9.94. The second-order valence-electron chi connectivity index (χ2n) is 6.96. The maximum absolute atomic E-state index is 12.5. The minimum atomic E-state index is 0.0462. The predicted molar refractivity (Wildman–Crippen MR) is 94.3 cm³/mol. The largest absolute Gasteiger partial charge is 0.361 e. The first kappa shape index (κ1) is 16.1. The number of H-pyrrole nitrogens is 1. The lowest BCUT2D eigenvalue weighted by Crippen LogP contribution is -2.43. The van der Waals surface area contributed by atoms with E-state index in [1.807, 2.05) is 6.20 Å². The number of aromatic amines is 1. The molecule has 1 fully saturated rings. The van der Waals surface area contributed by atoms with Crippen LogP contribution in [0.5, 0.6) is 0 Å². The Balaban J connectivity index is 1.59. The van der Waals surface area contributed by atoms with Crippen molar-refractivity contribution in [2.24, 2.45) is 5.92 Å². The summed E-state index contributed by atoms with van der Waals surface area (Å²) in [6.45, 7) is 8.56. The molecule has 1 aromatic heterocycles. The van der Waals surface area contributed by atoms with Crippen LogP contribution in [0.4, 0.5) is 0 Å². The molecule has 1 aliphatic heterocycles. The smallest absolute Gasteiger partial charge is 0.223 e. The molecular formula is C19H27N3O. The molecular weight excluding hydrogens is 286 g/mol.